The van der Waals surface area contributed by atoms with Gasteiger partial charge in [-0.1, -0.05) is 18.0 Å². The summed E-state index contributed by atoms with van der Waals surface area (Å²) in [6.07, 6.45) is 12.5. The van der Waals surface area contributed by atoms with Crippen LogP contribution in [0.5, 0.6) is 0 Å². The number of hydrogen-bond acceptors (Lipinski definition) is 6. The minimum absolute atomic E-state index is 0.119. The highest BCUT2D eigenvalue weighted by atomic mass is 16.5. The van der Waals surface area contributed by atoms with E-state index in [4.69, 9.17) is 9.51 Å². The fourth-order valence-corrected chi connectivity index (χ4v) is 4.53. The molecule has 0 aromatic carbocycles. The zero-order chi connectivity index (χ0) is 20.6. The second kappa shape index (κ2) is 7.66. The van der Waals surface area contributed by atoms with Crippen LogP contribution in [0.1, 0.15) is 43.8 Å². The number of aromatic nitrogens is 5. The lowest BCUT2D eigenvalue weighted by molar-refractivity contribution is -0.134. The number of imidazole rings is 1. The topological polar surface area (TPSA) is 89.9 Å². The number of amides is 1. The van der Waals surface area contributed by atoms with Gasteiger partial charge in [0.05, 0.1) is 5.41 Å². The number of carbonyl (C=O) groups is 1. The van der Waals surface area contributed by atoms with Crippen LogP contribution >= 0.6 is 0 Å². The van der Waals surface area contributed by atoms with Crippen molar-refractivity contribution >= 4 is 5.91 Å². The highest BCUT2D eigenvalue weighted by Crippen LogP contribution is 2.46. The number of hydrogen-bond donors (Lipinski definition) is 0. The minimum atomic E-state index is -0.242. The van der Waals surface area contributed by atoms with E-state index in [2.05, 4.69) is 15.1 Å². The number of likely N-dealkylation sites (tertiary alicyclic amines) is 1. The molecule has 4 heterocycles. The first-order valence-corrected chi connectivity index (χ1v) is 10.6. The van der Waals surface area contributed by atoms with Crippen LogP contribution in [0.25, 0.3) is 11.5 Å². The summed E-state index contributed by atoms with van der Waals surface area (Å²) in [4.78, 5) is 28.1. The first-order valence-electron chi connectivity index (χ1n) is 10.6. The summed E-state index contributed by atoms with van der Waals surface area (Å²) in [7, 11) is 0. The van der Waals surface area contributed by atoms with Gasteiger partial charge in [-0.3, -0.25) is 9.78 Å². The molecule has 8 heteroatoms. The number of carbonyl (C=O) groups excluding carboxylic acids is 1. The Morgan fingerprint density at radius 3 is 2.83 bits per heavy atom. The van der Waals surface area contributed by atoms with Crippen molar-refractivity contribution in [3.8, 4) is 11.5 Å². The lowest BCUT2D eigenvalue weighted by Gasteiger charge is -2.41. The van der Waals surface area contributed by atoms with Crippen LogP contribution in [-0.4, -0.2) is 48.6 Å². The van der Waals surface area contributed by atoms with Crippen LogP contribution in [0.4, 0.5) is 0 Å². The number of rotatable bonds is 6. The Labute approximate surface area is 175 Å². The predicted molar refractivity (Wildman–Crippen MR) is 109 cm³/mol. The van der Waals surface area contributed by atoms with Gasteiger partial charge in [-0.05, 0) is 44.2 Å². The molecule has 1 aliphatic carbocycles. The van der Waals surface area contributed by atoms with Crippen LogP contribution in [0.3, 0.4) is 0 Å². The number of piperidine rings is 1. The van der Waals surface area contributed by atoms with E-state index in [0.29, 0.717) is 24.9 Å². The molecule has 1 aliphatic heterocycles. The van der Waals surface area contributed by atoms with Gasteiger partial charge in [-0.2, -0.15) is 4.98 Å². The van der Waals surface area contributed by atoms with Gasteiger partial charge in [0.1, 0.15) is 12.4 Å². The monoisotopic (exact) mass is 406 g/mol. The third-order valence-corrected chi connectivity index (χ3v) is 6.36. The lowest BCUT2D eigenvalue weighted by Crippen LogP contribution is -2.50. The van der Waals surface area contributed by atoms with E-state index < -0.39 is 0 Å². The van der Waals surface area contributed by atoms with Crippen molar-refractivity contribution in [2.75, 3.05) is 13.1 Å². The third kappa shape index (κ3) is 3.74. The van der Waals surface area contributed by atoms with Crippen molar-refractivity contribution in [1.82, 2.24) is 29.6 Å². The summed E-state index contributed by atoms with van der Waals surface area (Å²) in [5, 5.41) is 4.39. The maximum Gasteiger partial charge on any atom is 0.258 e. The van der Waals surface area contributed by atoms with Crippen molar-refractivity contribution in [3.63, 3.8) is 0 Å². The van der Waals surface area contributed by atoms with Gasteiger partial charge in [-0.25, -0.2) is 4.98 Å². The zero-order valence-electron chi connectivity index (χ0n) is 17.2. The Morgan fingerprint density at radius 1 is 1.27 bits per heavy atom. The molecule has 1 unspecified atom stereocenters. The third-order valence-electron chi connectivity index (χ3n) is 6.36. The maximum atomic E-state index is 13.1. The Kier molecular flexibility index (Phi) is 4.84. The summed E-state index contributed by atoms with van der Waals surface area (Å²) >= 11 is 0. The van der Waals surface area contributed by atoms with E-state index in [1.54, 1.807) is 18.6 Å². The van der Waals surface area contributed by atoms with E-state index in [0.717, 1.165) is 43.0 Å². The first kappa shape index (κ1) is 19.0. The summed E-state index contributed by atoms with van der Waals surface area (Å²) in [6.45, 7) is 3.65. The fourth-order valence-electron chi connectivity index (χ4n) is 4.53. The van der Waals surface area contributed by atoms with Gasteiger partial charge >= 0.3 is 0 Å². The molecule has 1 amide bonds. The minimum Gasteiger partial charge on any atom is -0.340 e. The highest BCUT2D eigenvalue weighted by Gasteiger charge is 2.45. The van der Waals surface area contributed by atoms with Gasteiger partial charge < -0.3 is 14.0 Å². The summed E-state index contributed by atoms with van der Waals surface area (Å²) in [5.41, 5.74) is 0.623. The highest BCUT2D eigenvalue weighted by molar-refractivity contribution is 5.76. The van der Waals surface area contributed by atoms with E-state index in [1.165, 1.54) is 12.8 Å². The van der Waals surface area contributed by atoms with Crippen LogP contribution in [0.2, 0.25) is 0 Å². The molecule has 0 spiro atoms. The molecule has 2 fully saturated rings. The van der Waals surface area contributed by atoms with E-state index in [-0.39, 0.29) is 11.3 Å². The van der Waals surface area contributed by atoms with Crippen LogP contribution in [0.15, 0.2) is 41.4 Å². The van der Waals surface area contributed by atoms with Gasteiger partial charge in [0, 0.05) is 43.4 Å². The summed E-state index contributed by atoms with van der Waals surface area (Å²) in [5.74, 6) is 2.91. The second-order valence-electron chi connectivity index (χ2n) is 8.61. The van der Waals surface area contributed by atoms with Crippen molar-refractivity contribution in [3.05, 3.63) is 48.6 Å². The molecule has 3 aromatic rings. The smallest absolute Gasteiger partial charge is 0.258 e. The Balaban J connectivity index is 1.40. The average molecular weight is 406 g/mol. The Hall–Kier alpha value is -3.03. The largest absolute Gasteiger partial charge is 0.340 e. The van der Waals surface area contributed by atoms with Gasteiger partial charge in [-0.15, -0.1) is 0 Å². The molecule has 1 saturated carbocycles. The molecule has 0 bridgehead atoms. The van der Waals surface area contributed by atoms with Crippen molar-refractivity contribution in [2.24, 2.45) is 5.92 Å². The number of aryl methyl sites for hydroxylation is 1. The Morgan fingerprint density at radius 2 is 2.10 bits per heavy atom. The van der Waals surface area contributed by atoms with Gasteiger partial charge in [0.2, 0.25) is 5.91 Å². The maximum absolute atomic E-state index is 13.1. The molecule has 3 aromatic heterocycles. The molecule has 1 atom stereocenters. The zero-order valence-corrected chi connectivity index (χ0v) is 17.2. The molecule has 8 nitrogen and oxygen atoms in total. The van der Waals surface area contributed by atoms with Gasteiger partial charge in [0.25, 0.3) is 5.89 Å². The molecule has 0 N–H and O–H groups in total. The summed E-state index contributed by atoms with van der Waals surface area (Å²) in [6, 6.07) is 3.74. The molecule has 1 saturated heterocycles. The van der Waals surface area contributed by atoms with E-state index in [9.17, 15) is 4.79 Å². The van der Waals surface area contributed by atoms with Gasteiger partial charge in [0.15, 0.2) is 5.82 Å². The van der Waals surface area contributed by atoms with Crippen molar-refractivity contribution in [2.45, 2.75) is 51.0 Å². The number of nitrogens with zero attached hydrogens (tertiary/aromatic N) is 6. The fraction of sp³-hybridized carbons (Fsp3) is 0.500. The summed E-state index contributed by atoms with van der Waals surface area (Å²) < 4.78 is 7.52. The lowest BCUT2D eigenvalue weighted by atomic mass is 9.75. The van der Waals surface area contributed by atoms with Crippen molar-refractivity contribution < 1.29 is 9.32 Å². The molecule has 156 valence electrons. The molecule has 5 rings (SSSR count). The standard InChI is InChI=1S/C22H26N6O2/c1-16-24-10-12-27(16)14-19(29)28-11-2-7-22(15-28,13-17-3-4-17)21-25-20(30-26-21)18-5-8-23-9-6-18/h5-6,8-10,12,17H,2-4,7,11,13-15H2,1H3. The molecular weight excluding hydrogens is 380 g/mol. The molecular formula is C22H26N6O2. The van der Waals surface area contributed by atoms with Crippen molar-refractivity contribution in [1.29, 1.82) is 0 Å². The second-order valence-corrected chi connectivity index (χ2v) is 8.61. The normalized spacial score (nSPS) is 21.7. The number of pyridine rings is 1. The SMILES string of the molecule is Cc1nccn1CC(=O)N1CCCC(CC2CC2)(c2noc(-c3ccncc3)n2)C1. The Bertz CT molecular complexity index is 1030. The van der Waals surface area contributed by atoms with E-state index >= 15 is 0 Å². The first-order chi connectivity index (χ1) is 14.6. The molecule has 0 radical (unpaired) electrons. The van der Waals surface area contributed by atoms with Crippen LogP contribution < -0.4 is 0 Å². The van der Waals surface area contributed by atoms with Crippen LogP contribution in [-0.2, 0) is 16.8 Å². The quantitative estimate of drug-likeness (QED) is 0.625. The van der Waals surface area contributed by atoms with E-state index in [1.807, 2.05) is 34.7 Å². The predicted octanol–water partition coefficient (Wildman–Crippen LogP) is 3.00. The average Bonchev–Trinajstić information content (AvgIpc) is 3.26. The molecule has 2 aliphatic rings. The van der Waals surface area contributed by atoms with Crippen LogP contribution in [0, 0.1) is 12.8 Å². The molecule has 30 heavy (non-hydrogen) atoms.